The third-order valence-electron chi connectivity index (χ3n) is 7.12. The number of carbonyl (C=O) groups excluding carboxylic acids is 1. The Morgan fingerprint density at radius 1 is 0.947 bits per heavy atom. The van der Waals surface area contributed by atoms with Gasteiger partial charge in [-0.15, -0.1) is 0 Å². The van der Waals surface area contributed by atoms with Crippen molar-refractivity contribution in [2.24, 2.45) is 0 Å². The molecule has 5 aromatic rings. The van der Waals surface area contributed by atoms with Crippen LogP contribution in [0.4, 0.5) is 5.69 Å². The molecule has 1 aromatic heterocycles. The molecule has 0 bridgehead atoms. The molecule has 0 saturated heterocycles. The zero-order valence-electron chi connectivity index (χ0n) is 21.4. The van der Waals surface area contributed by atoms with Gasteiger partial charge < -0.3 is 19.5 Å². The lowest BCUT2D eigenvalue weighted by Crippen LogP contribution is -2.35. The van der Waals surface area contributed by atoms with Gasteiger partial charge in [-0.1, -0.05) is 66.7 Å². The Kier molecular flexibility index (Phi) is 6.53. The summed E-state index contributed by atoms with van der Waals surface area (Å²) in [5, 5.41) is 1.94. The van der Waals surface area contributed by atoms with E-state index < -0.39 is 0 Å². The molecule has 0 fully saturated rings. The topological polar surface area (TPSA) is 61.5 Å². The van der Waals surface area contributed by atoms with E-state index in [0.717, 1.165) is 39.0 Å². The first-order valence-electron chi connectivity index (χ1n) is 13.1. The van der Waals surface area contributed by atoms with Gasteiger partial charge in [-0.2, -0.15) is 0 Å². The SMILES string of the molecule is CCOc1ccc2ccccc2c1C(=O)N1CCN(Cc2ncc[nH]2)c2ccc(-c3ccccc3)cc2C1. The van der Waals surface area contributed by atoms with E-state index in [2.05, 4.69) is 57.3 Å². The molecular weight excluding hydrogens is 472 g/mol. The zero-order chi connectivity index (χ0) is 25.9. The molecule has 0 atom stereocenters. The molecule has 2 heterocycles. The maximum absolute atomic E-state index is 14.3. The van der Waals surface area contributed by atoms with E-state index >= 15 is 0 Å². The minimum Gasteiger partial charge on any atom is -0.493 e. The Morgan fingerprint density at radius 2 is 1.79 bits per heavy atom. The van der Waals surface area contributed by atoms with Crippen molar-refractivity contribution in [3.8, 4) is 16.9 Å². The van der Waals surface area contributed by atoms with Crippen LogP contribution >= 0.6 is 0 Å². The second-order valence-corrected chi connectivity index (χ2v) is 9.49. The van der Waals surface area contributed by atoms with Crippen LogP contribution in [-0.4, -0.2) is 40.5 Å². The first kappa shape index (κ1) is 23.8. The number of nitrogens with one attached hydrogen (secondary N) is 1. The van der Waals surface area contributed by atoms with Gasteiger partial charge in [-0.3, -0.25) is 4.79 Å². The third-order valence-corrected chi connectivity index (χ3v) is 7.12. The van der Waals surface area contributed by atoms with Gasteiger partial charge in [0, 0.05) is 37.7 Å². The van der Waals surface area contributed by atoms with E-state index in [1.165, 1.54) is 0 Å². The highest BCUT2D eigenvalue weighted by molar-refractivity contribution is 6.09. The number of H-pyrrole nitrogens is 1. The van der Waals surface area contributed by atoms with Crippen molar-refractivity contribution in [3.05, 3.63) is 114 Å². The fourth-order valence-corrected chi connectivity index (χ4v) is 5.29. The summed E-state index contributed by atoms with van der Waals surface area (Å²) in [6, 6.07) is 28.9. The summed E-state index contributed by atoms with van der Waals surface area (Å²) in [7, 11) is 0. The minimum absolute atomic E-state index is 0.0128. The summed E-state index contributed by atoms with van der Waals surface area (Å²) in [6.07, 6.45) is 3.62. The number of anilines is 1. The first-order valence-corrected chi connectivity index (χ1v) is 13.1. The van der Waals surface area contributed by atoms with Crippen molar-refractivity contribution in [1.29, 1.82) is 0 Å². The number of benzene rings is 4. The van der Waals surface area contributed by atoms with Crippen LogP contribution in [0.15, 0.2) is 97.3 Å². The van der Waals surface area contributed by atoms with E-state index in [9.17, 15) is 4.79 Å². The number of amides is 1. The number of rotatable bonds is 6. The molecule has 1 amide bonds. The molecule has 1 aliphatic rings. The fourth-order valence-electron chi connectivity index (χ4n) is 5.29. The van der Waals surface area contributed by atoms with Gasteiger partial charge in [0.25, 0.3) is 5.91 Å². The standard InChI is InChI=1S/C32H30N4O2/c1-2-38-29-15-13-24-10-6-7-11-27(24)31(29)32(37)36-19-18-35(22-30-33-16-17-34-30)28-14-12-25(20-26(28)21-36)23-8-4-3-5-9-23/h3-17,20H,2,18-19,21-22H2,1H3,(H,33,34). The third kappa shape index (κ3) is 4.61. The Labute approximate surface area is 222 Å². The number of nitrogens with zero attached hydrogens (tertiary/aromatic N) is 3. The van der Waals surface area contributed by atoms with Gasteiger partial charge in [0.1, 0.15) is 11.6 Å². The van der Waals surface area contributed by atoms with Crippen molar-refractivity contribution in [1.82, 2.24) is 14.9 Å². The molecule has 0 spiro atoms. The predicted molar refractivity (Wildman–Crippen MR) is 151 cm³/mol. The van der Waals surface area contributed by atoms with Crippen molar-refractivity contribution in [3.63, 3.8) is 0 Å². The molecular formula is C32H30N4O2. The maximum atomic E-state index is 14.3. The van der Waals surface area contributed by atoms with Crippen LogP contribution in [0.2, 0.25) is 0 Å². The average molecular weight is 503 g/mol. The minimum atomic E-state index is -0.0128. The Hall–Kier alpha value is -4.58. The van der Waals surface area contributed by atoms with Gasteiger partial charge in [0.2, 0.25) is 0 Å². The summed E-state index contributed by atoms with van der Waals surface area (Å²) in [6.45, 7) is 4.88. The summed E-state index contributed by atoms with van der Waals surface area (Å²) in [4.78, 5) is 26.2. The molecule has 0 unspecified atom stereocenters. The van der Waals surface area contributed by atoms with Crippen molar-refractivity contribution in [2.75, 3.05) is 24.6 Å². The molecule has 0 aliphatic carbocycles. The molecule has 190 valence electrons. The lowest BCUT2D eigenvalue weighted by molar-refractivity contribution is 0.0749. The highest BCUT2D eigenvalue weighted by Gasteiger charge is 2.28. The van der Waals surface area contributed by atoms with Gasteiger partial charge in [0.05, 0.1) is 18.7 Å². The number of hydrogen-bond acceptors (Lipinski definition) is 4. The Bertz CT molecular complexity index is 1560. The highest BCUT2D eigenvalue weighted by Crippen LogP contribution is 2.34. The lowest BCUT2D eigenvalue weighted by Gasteiger charge is -2.24. The lowest BCUT2D eigenvalue weighted by atomic mass is 10.00. The van der Waals surface area contributed by atoms with E-state index in [1.54, 1.807) is 6.20 Å². The van der Waals surface area contributed by atoms with Crippen LogP contribution in [0.3, 0.4) is 0 Å². The molecule has 1 aliphatic heterocycles. The van der Waals surface area contributed by atoms with Gasteiger partial charge in [0.15, 0.2) is 0 Å². The number of aromatic nitrogens is 2. The second kappa shape index (κ2) is 10.4. The van der Waals surface area contributed by atoms with E-state index in [0.29, 0.717) is 44.1 Å². The van der Waals surface area contributed by atoms with Crippen LogP contribution in [0, 0.1) is 0 Å². The number of fused-ring (bicyclic) bond motifs is 2. The molecule has 6 rings (SSSR count). The number of hydrogen-bond donors (Lipinski definition) is 1. The smallest absolute Gasteiger partial charge is 0.258 e. The second-order valence-electron chi connectivity index (χ2n) is 9.49. The zero-order valence-corrected chi connectivity index (χ0v) is 21.4. The van der Waals surface area contributed by atoms with Crippen LogP contribution in [0.5, 0.6) is 5.75 Å². The highest BCUT2D eigenvalue weighted by atomic mass is 16.5. The Balaban J connectivity index is 1.41. The molecule has 0 saturated carbocycles. The molecule has 1 N–H and O–H groups in total. The largest absolute Gasteiger partial charge is 0.493 e. The summed E-state index contributed by atoms with van der Waals surface area (Å²) in [5.41, 5.74) is 5.16. The molecule has 38 heavy (non-hydrogen) atoms. The normalized spacial score (nSPS) is 13.3. The first-order chi connectivity index (χ1) is 18.7. The maximum Gasteiger partial charge on any atom is 0.258 e. The van der Waals surface area contributed by atoms with Crippen molar-refractivity contribution in [2.45, 2.75) is 20.0 Å². The van der Waals surface area contributed by atoms with Gasteiger partial charge >= 0.3 is 0 Å². The molecule has 6 heteroatoms. The summed E-state index contributed by atoms with van der Waals surface area (Å²) >= 11 is 0. The van der Waals surface area contributed by atoms with Gasteiger partial charge in [-0.25, -0.2) is 4.98 Å². The van der Waals surface area contributed by atoms with Crippen molar-refractivity contribution < 1.29 is 9.53 Å². The van der Waals surface area contributed by atoms with E-state index in [-0.39, 0.29) is 5.91 Å². The number of aromatic amines is 1. The molecule has 0 radical (unpaired) electrons. The number of imidazole rings is 1. The van der Waals surface area contributed by atoms with E-state index in [1.807, 2.05) is 60.5 Å². The number of carbonyl (C=O) groups is 1. The summed E-state index contributed by atoms with van der Waals surface area (Å²) in [5.74, 6) is 1.52. The van der Waals surface area contributed by atoms with E-state index in [4.69, 9.17) is 4.74 Å². The quantitative estimate of drug-likeness (QED) is 0.296. The van der Waals surface area contributed by atoms with Crippen molar-refractivity contribution >= 4 is 22.4 Å². The predicted octanol–water partition coefficient (Wildman–Crippen LogP) is 6.29. The monoisotopic (exact) mass is 502 g/mol. The van der Waals surface area contributed by atoms with Gasteiger partial charge in [-0.05, 0) is 52.6 Å². The number of ether oxygens (including phenoxy) is 1. The fraction of sp³-hybridized carbons (Fsp3) is 0.188. The van der Waals surface area contributed by atoms with Crippen LogP contribution in [0.1, 0.15) is 28.7 Å². The Morgan fingerprint density at radius 3 is 2.61 bits per heavy atom. The average Bonchev–Trinajstić information content (AvgIpc) is 3.41. The van der Waals surface area contributed by atoms with Crippen LogP contribution in [-0.2, 0) is 13.1 Å². The summed E-state index contributed by atoms with van der Waals surface area (Å²) < 4.78 is 5.96. The molecule has 4 aromatic carbocycles. The van der Waals surface area contributed by atoms with Crippen LogP contribution in [0.25, 0.3) is 21.9 Å². The molecule has 6 nitrogen and oxygen atoms in total. The van der Waals surface area contributed by atoms with Crippen LogP contribution < -0.4 is 9.64 Å².